The third-order valence-corrected chi connectivity index (χ3v) is 3.65. The van der Waals surface area contributed by atoms with Gasteiger partial charge in [-0.25, -0.2) is 4.57 Å². The number of hydrogen-bond donors (Lipinski definition) is 2. The highest BCUT2D eigenvalue weighted by Gasteiger charge is 2.26. The maximum atomic E-state index is 11.7. The lowest BCUT2D eigenvalue weighted by Crippen LogP contribution is -2.27. The van der Waals surface area contributed by atoms with Gasteiger partial charge in [-0.1, -0.05) is 6.92 Å². The minimum absolute atomic E-state index is 0.0739. The molecule has 9 nitrogen and oxygen atoms in total. The van der Waals surface area contributed by atoms with Crippen LogP contribution in [-0.2, 0) is 32.8 Å². The van der Waals surface area contributed by atoms with Crippen LogP contribution in [-0.4, -0.2) is 68.6 Å². The lowest BCUT2D eigenvalue weighted by molar-refractivity contribution is -0.155. The quantitative estimate of drug-likeness (QED) is 0.247. The molecule has 0 aliphatic rings. The second-order valence-electron chi connectivity index (χ2n) is 5.53. The second kappa shape index (κ2) is 12.8. The first kappa shape index (κ1) is 23.5. The first-order chi connectivity index (χ1) is 11.2. The molecule has 0 saturated heterocycles. The van der Waals surface area contributed by atoms with Gasteiger partial charge in [-0.3, -0.25) is 9.32 Å². The monoisotopic (exact) mass is 372 g/mol. The van der Waals surface area contributed by atoms with Crippen molar-refractivity contribution in [3.8, 4) is 0 Å². The fraction of sp³-hybridized carbons (Fsp3) is 0.929. The summed E-state index contributed by atoms with van der Waals surface area (Å²) in [6, 6.07) is 0. The van der Waals surface area contributed by atoms with Gasteiger partial charge >= 0.3 is 13.8 Å². The van der Waals surface area contributed by atoms with Crippen LogP contribution in [0.1, 0.15) is 27.2 Å². The van der Waals surface area contributed by atoms with Crippen LogP contribution < -0.4 is 0 Å². The van der Waals surface area contributed by atoms with Gasteiger partial charge in [0.25, 0.3) is 0 Å². The largest absolute Gasteiger partial charge is 0.469 e. The van der Waals surface area contributed by atoms with Crippen molar-refractivity contribution in [2.75, 3.05) is 52.9 Å². The SMILES string of the molecule is CCC(C)(C)C(=O)OCCOCCOCCOCCOP(=O)(O)O. The Hall–Kier alpha value is -0.540. The Morgan fingerprint density at radius 1 is 0.875 bits per heavy atom. The highest BCUT2D eigenvalue weighted by Crippen LogP contribution is 2.35. The maximum Gasteiger partial charge on any atom is 0.469 e. The minimum atomic E-state index is -4.42. The molecule has 0 heterocycles. The van der Waals surface area contributed by atoms with Gasteiger partial charge in [-0.15, -0.1) is 0 Å². The van der Waals surface area contributed by atoms with Crippen LogP contribution in [0, 0.1) is 5.41 Å². The van der Waals surface area contributed by atoms with Crippen LogP contribution in [0.4, 0.5) is 0 Å². The molecule has 0 spiro atoms. The maximum absolute atomic E-state index is 11.7. The molecule has 0 bridgehead atoms. The molecule has 24 heavy (non-hydrogen) atoms. The molecule has 0 fully saturated rings. The van der Waals surface area contributed by atoms with Crippen LogP contribution in [0.5, 0.6) is 0 Å². The number of carbonyl (C=O) groups excluding carboxylic acids is 1. The van der Waals surface area contributed by atoms with Crippen molar-refractivity contribution in [3.05, 3.63) is 0 Å². The summed E-state index contributed by atoms with van der Waals surface area (Å²) in [6.07, 6.45) is 0.716. The van der Waals surface area contributed by atoms with Crippen LogP contribution in [0.2, 0.25) is 0 Å². The summed E-state index contributed by atoms with van der Waals surface area (Å²) in [5.41, 5.74) is -0.473. The molecule has 0 aromatic rings. The van der Waals surface area contributed by atoms with Crippen molar-refractivity contribution in [3.63, 3.8) is 0 Å². The zero-order valence-corrected chi connectivity index (χ0v) is 15.5. The molecular formula is C14H29O9P. The van der Waals surface area contributed by atoms with Gasteiger partial charge in [0, 0.05) is 0 Å². The predicted octanol–water partition coefficient (Wildman–Crippen LogP) is 1.12. The van der Waals surface area contributed by atoms with E-state index in [2.05, 4.69) is 4.52 Å². The molecule has 0 atom stereocenters. The average molecular weight is 372 g/mol. The van der Waals surface area contributed by atoms with Crippen molar-refractivity contribution >= 4 is 13.8 Å². The summed E-state index contributed by atoms with van der Waals surface area (Å²) in [4.78, 5) is 28.5. The van der Waals surface area contributed by atoms with Gasteiger partial charge < -0.3 is 28.7 Å². The van der Waals surface area contributed by atoms with E-state index in [4.69, 9.17) is 28.7 Å². The van der Waals surface area contributed by atoms with Crippen molar-refractivity contribution in [1.29, 1.82) is 0 Å². The number of esters is 1. The van der Waals surface area contributed by atoms with E-state index in [1.807, 2.05) is 20.8 Å². The minimum Gasteiger partial charge on any atom is -0.463 e. The molecule has 0 aromatic carbocycles. The predicted molar refractivity (Wildman–Crippen MR) is 85.5 cm³/mol. The van der Waals surface area contributed by atoms with E-state index < -0.39 is 13.2 Å². The van der Waals surface area contributed by atoms with Gasteiger partial charge in [0.05, 0.1) is 51.7 Å². The van der Waals surface area contributed by atoms with Gasteiger partial charge in [0.15, 0.2) is 0 Å². The average Bonchev–Trinajstić information content (AvgIpc) is 2.50. The standard InChI is InChI=1S/C14H29O9P/c1-4-14(2,3)13(15)22-11-9-20-7-5-19-6-8-21-10-12-23-24(16,17)18/h4-12H2,1-3H3,(H2,16,17,18). The van der Waals surface area contributed by atoms with Crippen molar-refractivity contribution in [2.45, 2.75) is 27.2 Å². The van der Waals surface area contributed by atoms with Gasteiger partial charge in [-0.05, 0) is 20.3 Å². The molecule has 0 rings (SSSR count). The van der Waals surface area contributed by atoms with Gasteiger partial charge in [0.2, 0.25) is 0 Å². The fourth-order valence-corrected chi connectivity index (χ4v) is 1.60. The number of ether oxygens (including phenoxy) is 4. The van der Waals surface area contributed by atoms with E-state index in [1.165, 1.54) is 0 Å². The Bertz CT molecular complexity index is 380. The summed E-state index contributed by atoms with van der Waals surface area (Å²) in [6.45, 7) is 7.39. The smallest absolute Gasteiger partial charge is 0.463 e. The Morgan fingerprint density at radius 3 is 1.71 bits per heavy atom. The molecule has 144 valence electrons. The summed E-state index contributed by atoms with van der Waals surface area (Å²) < 4.78 is 35.2. The third-order valence-electron chi connectivity index (χ3n) is 3.13. The summed E-state index contributed by atoms with van der Waals surface area (Å²) in [5.74, 6) is -0.232. The van der Waals surface area contributed by atoms with Crippen LogP contribution >= 0.6 is 7.82 Å². The highest BCUT2D eigenvalue weighted by molar-refractivity contribution is 7.46. The number of rotatable bonds is 15. The molecule has 2 N–H and O–H groups in total. The third kappa shape index (κ3) is 13.9. The number of hydrogen-bond acceptors (Lipinski definition) is 7. The van der Waals surface area contributed by atoms with Crippen molar-refractivity contribution < 1.29 is 42.6 Å². The van der Waals surface area contributed by atoms with Crippen LogP contribution in [0.3, 0.4) is 0 Å². The fourth-order valence-electron chi connectivity index (χ4n) is 1.29. The van der Waals surface area contributed by atoms with E-state index >= 15 is 0 Å². The molecule has 0 aliphatic heterocycles. The zero-order chi connectivity index (χ0) is 18.5. The van der Waals surface area contributed by atoms with E-state index in [1.54, 1.807) is 0 Å². The van der Waals surface area contributed by atoms with Crippen molar-refractivity contribution in [2.24, 2.45) is 5.41 Å². The Labute approximate surface area is 142 Å². The highest BCUT2D eigenvalue weighted by atomic mass is 31.2. The summed E-state index contributed by atoms with van der Waals surface area (Å²) in [7, 11) is -4.42. The van der Waals surface area contributed by atoms with Gasteiger partial charge in [-0.2, -0.15) is 0 Å². The van der Waals surface area contributed by atoms with E-state index in [-0.39, 0.29) is 32.4 Å². The van der Waals surface area contributed by atoms with Gasteiger partial charge in [0.1, 0.15) is 6.61 Å². The molecular weight excluding hydrogens is 343 g/mol. The van der Waals surface area contributed by atoms with Crippen LogP contribution in [0.25, 0.3) is 0 Å². The summed E-state index contributed by atoms with van der Waals surface area (Å²) in [5, 5.41) is 0. The first-order valence-corrected chi connectivity index (χ1v) is 9.32. The Balaban J connectivity index is 3.29. The zero-order valence-electron chi connectivity index (χ0n) is 14.6. The van der Waals surface area contributed by atoms with E-state index in [0.29, 0.717) is 32.8 Å². The molecule has 10 heteroatoms. The van der Waals surface area contributed by atoms with Crippen LogP contribution in [0.15, 0.2) is 0 Å². The molecule has 0 saturated carbocycles. The van der Waals surface area contributed by atoms with Crippen molar-refractivity contribution in [1.82, 2.24) is 0 Å². The number of carbonyl (C=O) groups is 1. The molecule has 0 unspecified atom stereocenters. The molecule has 0 radical (unpaired) electrons. The Kier molecular flexibility index (Phi) is 12.5. The first-order valence-electron chi connectivity index (χ1n) is 7.79. The Morgan fingerprint density at radius 2 is 1.29 bits per heavy atom. The molecule has 0 aromatic heterocycles. The summed E-state index contributed by atoms with van der Waals surface area (Å²) >= 11 is 0. The molecule has 0 aliphatic carbocycles. The lowest BCUT2D eigenvalue weighted by Gasteiger charge is -2.20. The number of phosphoric ester groups is 1. The molecule has 0 amide bonds. The van der Waals surface area contributed by atoms with E-state index in [0.717, 1.165) is 0 Å². The lowest BCUT2D eigenvalue weighted by atomic mass is 9.91. The number of phosphoric acid groups is 1. The van der Waals surface area contributed by atoms with E-state index in [9.17, 15) is 9.36 Å². The second-order valence-corrected chi connectivity index (χ2v) is 6.77. The normalized spacial score (nSPS) is 12.4. The topological polar surface area (TPSA) is 121 Å².